The molecule has 1 fully saturated rings. The van der Waals surface area contributed by atoms with Gasteiger partial charge in [0, 0.05) is 38.9 Å². The van der Waals surface area contributed by atoms with Gasteiger partial charge in [0.05, 0.1) is 10.6 Å². The number of aromatic nitrogens is 1. The number of rotatable bonds is 4. The van der Waals surface area contributed by atoms with Gasteiger partial charge >= 0.3 is 0 Å². The standard InChI is InChI=1S/C20H27N3O2S/c1-15-13-16(2)18(4)20(17(15)3)26(24,25)23-11-9-22(10-12-23)14-19-7-5-6-8-21-19/h5-8,13H,9-12,14H2,1-4H3. The summed E-state index contributed by atoms with van der Waals surface area (Å²) in [7, 11) is -3.47. The van der Waals surface area contributed by atoms with E-state index in [-0.39, 0.29) is 0 Å². The second-order valence-corrected chi connectivity index (χ2v) is 8.97. The quantitative estimate of drug-likeness (QED) is 0.827. The lowest BCUT2D eigenvalue weighted by atomic mass is 10.0. The van der Waals surface area contributed by atoms with Crippen LogP contribution < -0.4 is 0 Å². The number of piperazine rings is 1. The highest BCUT2D eigenvalue weighted by atomic mass is 32.2. The van der Waals surface area contributed by atoms with E-state index in [9.17, 15) is 8.42 Å². The van der Waals surface area contributed by atoms with Gasteiger partial charge in [0.2, 0.25) is 10.0 Å². The Morgan fingerprint density at radius 3 is 2.12 bits per heavy atom. The van der Waals surface area contributed by atoms with E-state index in [1.807, 2.05) is 45.9 Å². The number of hydrogen-bond donors (Lipinski definition) is 0. The fourth-order valence-electron chi connectivity index (χ4n) is 3.55. The predicted molar refractivity (Wildman–Crippen MR) is 104 cm³/mol. The highest BCUT2D eigenvalue weighted by molar-refractivity contribution is 7.89. The van der Waals surface area contributed by atoms with Crippen molar-refractivity contribution in [1.29, 1.82) is 0 Å². The minimum absolute atomic E-state index is 0.494. The van der Waals surface area contributed by atoms with Crippen molar-refractivity contribution in [3.8, 4) is 0 Å². The first kappa shape index (κ1) is 19.0. The molecule has 3 rings (SSSR count). The average Bonchev–Trinajstić information content (AvgIpc) is 2.61. The molecule has 1 saturated heterocycles. The zero-order valence-corrected chi connectivity index (χ0v) is 16.8. The maximum atomic E-state index is 13.3. The summed E-state index contributed by atoms with van der Waals surface area (Å²) in [6.07, 6.45) is 1.79. The molecular weight excluding hydrogens is 346 g/mol. The third-order valence-electron chi connectivity index (χ3n) is 5.34. The van der Waals surface area contributed by atoms with Crippen molar-refractivity contribution in [2.75, 3.05) is 26.2 Å². The van der Waals surface area contributed by atoms with Crippen LogP contribution >= 0.6 is 0 Å². The van der Waals surface area contributed by atoms with Gasteiger partial charge in [0.1, 0.15) is 0 Å². The van der Waals surface area contributed by atoms with Gasteiger partial charge < -0.3 is 0 Å². The van der Waals surface area contributed by atoms with E-state index in [0.29, 0.717) is 18.0 Å². The molecular formula is C20H27N3O2S. The molecule has 0 radical (unpaired) electrons. The van der Waals surface area contributed by atoms with Crippen LogP contribution in [-0.4, -0.2) is 48.8 Å². The average molecular weight is 374 g/mol. The topological polar surface area (TPSA) is 53.5 Å². The van der Waals surface area contributed by atoms with E-state index >= 15 is 0 Å². The van der Waals surface area contributed by atoms with E-state index in [2.05, 4.69) is 16.0 Å². The Balaban J connectivity index is 1.77. The minimum atomic E-state index is -3.47. The highest BCUT2D eigenvalue weighted by Gasteiger charge is 2.31. The molecule has 0 bridgehead atoms. The SMILES string of the molecule is Cc1cc(C)c(C)c(S(=O)(=O)N2CCN(Cc3ccccn3)CC2)c1C. The van der Waals surface area contributed by atoms with Crippen LogP contribution in [0.25, 0.3) is 0 Å². The second kappa shape index (κ2) is 7.47. The summed E-state index contributed by atoms with van der Waals surface area (Å²) < 4.78 is 28.2. The van der Waals surface area contributed by atoms with Crippen LogP contribution in [0.1, 0.15) is 27.9 Å². The van der Waals surface area contributed by atoms with Crippen molar-refractivity contribution in [2.24, 2.45) is 0 Å². The molecule has 0 spiro atoms. The smallest absolute Gasteiger partial charge is 0.243 e. The van der Waals surface area contributed by atoms with Crippen LogP contribution in [0, 0.1) is 27.7 Å². The summed E-state index contributed by atoms with van der Waals surface area (Å²) in [4.78, 5) is 7.11. The Labute approximate surface area is 156 Å². The predicted octanol–water partition coefficient (Wildman–Crippen LogP) is 2.82. The number of pyridine rings is 1. The van der Waals surface area contributed by atoms with Crippen molar-refractivity contribution in [1.82, 2.24) is 14.2 Å². The molecule has 0 unspecified atom stereocenters. The minimum Gasteiger partial charge on any atom is -0.295 e. The maximum absolute atomic E-state index is 13.3. The van der Waals surface area contributed by atoms with Crippen molar-refractivity contribution < 1.29 is 8.42 Å². The van der Waals surface area contributed by atoms with Gasteiger partial charge in [-0.3, -0.25) is 9.88 Å². The second-order valence-electron chi connectivity index (χ2n) is 7.09. The number of sulfonamides is 1. The third-order valence-corrected chi connectivity index (χ3v) is 7.51. The number of benzene rings is 1. The molecule has 6 heteroatoms. The van der Waals surface area contributed by atoms with E-state index in [1.165, 1.54) is 0 Å². The molecule has 0 N–H and O–H groups in total. The lowest BCUT2D eigenvalue weighted by molar-refractivity contribution is 0.180. The Hall–Kier alpha value is -1.76. The van der Waals surface area contributed by atoms with Crippen LogP contribution in [0.4, 0.5) is 0 Å². The molecule has 2 aromatic rings. The molecule has 1 aromatic heterocycles. The summed E-state index contributed by atoms with van der Waals surface area (Å²) in [6, 6.07) is 7.96. The number of nitrogens with zero attached hydrogens (tertiary/aromatic N) is 3. The van der Waals surface area contributed by atoms with Crippen molar-refractivity contribution in [3.63, 3.8) is 0 Å². The zero-order valence-electron chi connectivity index (χ0n) is 16.0. The monoisotopic (exact) mass is 373 g/mol. The molecule has 5 nitrogen and oxygen atoms in total. The first-order chi connectivity index (χ1) is 12.3. The molecule has 1 aliphatic heterocycles. The summed E-state index contributed by atoms with van der Waals surface area (Å²) in [5.74, 6) is 0. The summed E-state index contributed by atoms with van der Waals surface area (Å²) >= 11 is 0. The molecule has 26 heavy (non-hydrogen) atoms. The Bertz CT molecular complexity index is 861. The first-order valence-electron chi connectivity index (χ1n) is 9.00. The zero-order chi connectivity index (χ0) is 18.9. The fraction of sp³-hybridized carbons (Fsp3) is 0.450. The number of hydrogen-bond acceptors (Lipinski definition) is 4. The van der Waals surface area contributed by atoms with Crippen LogP contribution in [0.5, 0.6) is 0 Å². The molecule has 140 valence electrons. The normalized spacial score (nSPS) is 16.8. The van der Waals surface area contributed by atoms with Crippen LogP contribution in [-0.2, 0) is 16.6 Å². The summed E-state index contributed by atoms with van der Waals surface area (Å²) in [5, 5.41) is 0. The Morgan fingerprint density at radius 2 is 1.58 bits per heavy atom. The van der Waals surface area contributed by atoms with E-state index < -0.39 is 10.0 Å². The maximum Gasteiger partial charge on any atom is 0.243 e. The molecule has 2 heterocycles. The third kappa shape index (κ3) is 3.68. The van der Waals surface area contributed by atoms with Gasteiger partial charge in [0.25, 0.3) is 0 Å². The molecule has 0 saturated carbocycles. The molecule has 0 amide bonds. The molecule has 0 atom stereocenters. The summed E-state index contributed by atoms with van der Waals surface area (Å²) in [5.41, 5.74) is 4.80. The number of aryl methyl sites for hydroxylation is 2. The van der Waals surface area contributed by atoms with E-state index in [0.717, 1.165) is 47.6 Å². The Morgan fingerprint density at radius 1 is 0.962 bits per heavy atom. The van der Waals surface area contributed by atoms with Gasteiger partial charge in [-0.2, -0.15) is 4.31 Å². The van der Waals surface area contributed by atoms with Gasteiger partial charge in [0.15, 0.2) is 0 Å². The van der Waals surface area contributed by atoms with Gasteiger partial charge in [-0.05, 0) is 62.1 Å². The first-order valence-corrected chi connectivity index (χ1v) is 10.4. The molecule has 1 aromatic carbocycles. The summed E-state index contributed by atoms with van der Waals surface area (Å²) in [6.45, 7) is 11.0. The van der Waals surface area contributed by atoms with Crippen molar-refractivity contribution >= 4 is 10.0 Å². The van der Waals surface area contributed by atoms with Gasteiger partial charge in [-0.1, -0.05) is 12.1 Å². The van der Waals surface area contributed by atoms with Gasteiger partial charge in [-0.25, -0.2) is 8.42 Å². The fourth-order valence-corrected chi connectivity index (χ4v) is 5.54. The van der Waals surface area contributed by atoms with E-state index in [4.69, 9.17) is 0 Å². The van der Waals surface area contributed by atoms with Crippen LogP contribution in [0.15, 0.2) is 35.4 Å². The van der Waals surface area contributed by atoms with Crippen molar-refractivity contribution in [3.05, 3.63) is 58.4 Å². The van der Waals surface area contributed by atoms with Gasteiger partial charge in [-0.15, -0.1) is 0 Å². The Kier molecular flexibility index (Phi) is 5.46. The highest BCUT2D eigenvalue weighted by Crippen LogP contribution is 2.29. The largest absolute Gasteiger partial charge is 0.295 e. The molecule has 0 aliphatic carbocycles. The lowest BCUT2D eigenvalue weighted by Gasteiger charge is -2.34. The lowest BCUT2D eigenvalue weighted by Crippen LogP contribution is -2.48. The van der Waals surface area contributed by atoms with Crippen molar-refractivity contribution in [2.45, 2.75) is 39.1 Å². The van der Waals surface area contributed by atoms with E-state index in [1.54, 1.807) is 10.5 Å². The molecule has 1 aliphatic rings. The van der Waals surface area contributed by atoms with Crippen LogP contribution in [0.2, 0.25) is 0 Å². The van der Waals surface area contributed by atoms with Crippen LogP contribution in [0.3, 0.4) is 0 Å².